The van der Waals surface area contributed by atoms with E-state index in [0.717, 1.165) is 30.8 Å². The summed E-state index contributed by atoms with van der Waals surface area (Å²) in [5.74, 6) is 0.848. The normalized spacial score (nSPS) is 18.4. The number of rotatable bonds is 3. The Kier molecular flexibility index (Phi) is 4.04. The summed E-state index contributed by atoms with van der Waals surface area (Å²) >= 11 is 0. The highest BCUT2D eigenvalue weighted by Gasteiger charge is 2.26. The van der Waals surface area contributed by atoms with Gasteiger partial charge in [0.2, 0.25) is 5.91 Å². The minimum Gasteiger partial charge on any atom is -0.384 e. The van der Waals surface area contributed by atoms with Crippen LogP contribution in [0.3, 0.4) is 0 Å². The standard InChI is InChI=1S/C15H20N6O/c1-11-7-14(16)21(19-11)9-15(22)20-6-2-3-12(8-20)13-4-5-17-10-18-13/h4-5,7,10,12H,2-3,6,8-9,16H2,1H3/t12-/m1/s1. The molecule has 1 atom stereocenters. The maximum atomic E-state index is 12.5. The predicted octanol–water partition coefficient (Wildman–Crippen LogP) is 0.970. The molecule has 2 N–H and O–H groups in total. The van der Waals surface area contributed by atoms with Crippen LogP contribution >= 0.6 is 0 Å². The summed E-state index contributed by atoms with van der Waals surface area (Å²) in [5.41, 5.74) is 7.67. The molecule has 7 nitrogen and oxygen atoms in total. The highest BCUT2D eigenvalue weighted by molar-refractivity contribution is 5.76. The topological polar surface area (TPSA) is 89.9 Å². The molecule has 0 radical (unpaired) electrons. The number of amides is 1. The van der Waals surface area contributed by atoms with Crippen LogP contribution in [-0.2, 0) is 11.3 Å². The second-order valence-corrected chi connectivity index (χ2v) is 5.68. The summed E-state index contributed by atoms with van der Waals surface area (Å²) in [4.78, 5) is 22.6. The van der Waals surface area contributed by atoms with Crippen LogP contribution in [0.5, 0.6) is 0 Å². The molecular weight excluding hydrogens is 280 g/mol. The zero-order valence-corrected chi connectivity index (χ0v) is 12.6. The van der Waals surface area contributed by atoms with Gasteiger partial charge in [0.25, 0.3) is 0 Å². The molecule has 22 heavy (non-hydrogen) atoms. The number of aryl methyl sites for hydroxylation is 1. The molecule has 2 aromatic rings. The number of carbonyl (C=O) groups excluding carboxylic acids is 1. The Hall–Kier alpha value is -2.44. The average Bonchev–Trinajstić information content (AvgIpc) is 2.86. The molecule has 1 amide bonds. The zero-order chi connectivity index (χ0) is 15.5. The molecule has 0 bridgehead atoms. The van der Waals surface area contributed by atoms with Crippen molar-refractivity contribution in [2.24, 2.45) is 0 Å². The Labute approximate surface area is 129 Å². The first kappa shape index (κ1) is 14.5. The van der Waals surface area contributed by atoms with E-state index >= 15 is 0 Å². The van der Waals surface area contributed by atoms with Crippen molar-refractivity contribution in [2.75, 3.05) is 18.8 Å². The van der Waals surface area contributed by atoms with Gasteiger partial charge in [-0.25, -0.2) is 14.6 Å². The Balaban J connectivity index is 1.67. The Morgan fingerprint density at radius 3 is 3.05 bits per heavy atom. The fourth-order valence-electron chi connectivity index (χ4n) is 2.91. The molecule has 3 rings (SSSR count). The third-order valence-electron chi connectivity index (χ3n) is 4.02. The third-order valence-corrected chi connectivity index (χ3v) is 4.02. The van der Waals surface area contributed by atoms with Crippen molar-refractivity contribution in [3.63, 3.8) is 0 Å². The van der Waals surface area contributed by atoms with E-state index in [1.807, 2.05) is 17.9 Å². The molecule has 2 aromatic heterocycles. The molecule has 1 aliphatic rings. The van der Waals surface area contributed by atoms with E-state index in [-0.39, 0.29) is 18.4 Å². The van der Waals surface area contributed by atoms with Gasteiger partial charge in [0.15, 0.2) is 0 Å². The molecule has 1 saturated heterocycles. The first-order valence-electron chi connectivity index (χ1n) is 7.47. The molecule has 7 heteroatoms. The maximum Gasteiger partial charge on any atom is 0.244 e. The van der Waals surface area contributed by atoms with Gasteiger partial charge in [0.05, 0.1) is 5.69 Å². The number of anilines is 1. The van der Waals surface area contributed by atoms with Gasteiger partial charge >= 0.3 is 0 Å². The molecule has 0 aromatic carbocycles. The Morgan fingerprint density at radius 1 is 1.50 bits per heavy atom. The van der Waals surface area contributed by atoms with E-state index in [1.54, 1.807) is 23.3 Å². The summed E-state index contributed by atoms with van der Waals surface area (Å²) in [6.45, 7) is 3.52. The number of hydrogen-bond donors (Lipinski definition) is 1. The van der Waals surface area contributed by atoms with Crippen LogP contribution in [0.1, 0.15) is 30.1 Å². The van der Waals surface area contributed by atoms with Crippen LogP contribution in [0.2, 0.25) is 0 Å². The number of piperidine rings is 1. The van der Waals surface area contributed by atoms with Crippen LogP contribution in [0.15, 0.2) is 24.7 Å². The molecular formula is C15H20N6O. The van der Waals surface area contributed by atoms with Crippen molar-refractivity contribution in [3.8, 4) is 0 Å². The van der Waals surface area contributed by atoms with E-state index in [2.05, 4.69) is 15.1 Å². The number of carbonyl (C=O) groups is 1. The van der Waals surface area contributed by atoms with Crippen LogP contribution in [-0.4, -0.2) is 43.6 Å². The molecule has 116 valence electrons. The highest BCUT2D eigenvalue weighted by Crippen LogP contribution is 2.25. The van der Waals surface area contributed by atoms with E-state index < -0.39 is 0 Å². The first-order chi connectivity index (χ1) is 10.6. The minimum absolute atomic E-state index is 0.0496. The largest absolute Gasteiger partial charge is 0.384 e. The number of nitrogen functional groups attached to an aromatic ring is 1. The quantitative estimate of drug-likeness (QED) is 0.912. The van der Waals surface area contributed by atoms with Gasteiger partial charge in [-0.2, -0.15) is 5.10 Å². The molecule has 0 aliphatic carbocycles. The number of hydrogen-bond acceptors (Lipinski definition) is 5. The maximum absolute atomic E-state index is 12.5. The van der Waals surface area contributed by atoms with E-state index in [1.165, 1.54) is 0 Å². The number of nitrogens with zero attached hydrogens (tertiary/aromatic N) is 5. The lowest BCUT2D eigenvalue weighted by Crippen LogP contribution is -2.41. The summed E-state index contributed by atoms with van der Waals surface area (Å²) in [6.07, 6.45) is 5.33. The van der Waals surface area contributed by atoms with Crippen molar-refractivity contribution in [1.82, 2.24) is 24.6 Å². The van der Waals surface area contributed by atoms with Crippen molar-refractivity contribution >= 4 is 11.7 Å². The first-order valence-corrected chi connectivity index (χ1v) is 7.47. The molecule has 1 fully saturated rings. The fourth-order valence-corrected chi connectivity index (χ4v) is 2.91. The summed E-state index contributed by atoms with van der Waals surface area (Å²) in [6, 6.07) is 3.70. The van der Waals surface area contributed by atoms with Crippen molar-refractivity contribution < 1.29 is 4.79 Å². The van der Waals surface area contributed by atoms with Gasteiger partial charge in [0, 0.05) is 37.0 Å². The second-order valence-electron chi connectivity index (χ2n) is 5.68. The molecule has 3 heterocycles. The molecule has 1 aliphatic heterocycles. The summed E-state index contributed by atoms with van der Waals surface area (Å²) < 4.78 is 1.56. The van der Waals surface area contributed by atoms with Gasteiger partial charge < -0.3 is 10.6 Å². The lowest BCUT2D eigenvalue weighted by molar-refractivity contribution is -0.133. The van der Waals surface area contributed by atoms with Crippen molar-refractivity contribution in [2.45, 2.75) is 32.2 Å². The third kappa shape index (κ3) is 3.08. The lowest BCUT2D eigenvalue weighted by atomic mass is 9.94. The highest BCUT2D eigenvalue weighted by atomic mass is 16.2. The molecule has 0 saturated carbocycles. The lowest BCUT2D eigenvalue weighted by Gasteiger charge is -2.32. The van der Waals surface area contributed by atoms with Gasteiger partial charge in [-0.1, -0.05) is 0 Å². The SMILES string of the molecule is Cc1cc(N)n(CC(=O)N2CCC[C@@H](c3ccncn3)C2)n1. The number of likely N-dealkylation sites (tertiary alicyclic amines) is 1. The van der Waals surface area contributed by atoms with E-state index in [0.29, 0.717) is 12.4 Å². The van der Waals surface area contributed by atoms with Crippen molar-refractivity contribution in [3.05, 3.63) is 36.0 Å². The Bertz CT molecular complexity index is 653. The second kappa shape index (κ2) is 6.13. The zero-order valence-electron chi connectivity index (χ0n) is 12.6. The van der Waals surface area contributed by atoms with Crippen LogP contribution in [0.4, 0.5) is 5.82 Å². The van der Waals surface area contributed by atoms with Gasteiger partial charge in [0.1, 0.15) is 18.7 Å². The molecule has 0 spiro atoms. The monoisotopic (exact) mass is 300 g/mol. The smallest absolute Gasteiger partial charge is 0.244 e. The van der Waals surface area contributed by atoms with E-state index in [4.69, 9.17) is 5.73 Å². The number of aromatic nitrogens is 4. The average molecular weight is 300 g/mol. The van der Waals surface area contributed by atoms with Gasteiger partial charge in [-0.15, -0.1) is 0 Å². The predicted molar refractivity (Wildman–Crippen MR) is 82.0 cm³/mol. The fraction of sp³-hybridized carbons (Fsp3) is 0.467. The van der Waals surface area contributed by atoms with Gasteiger partial charge in [-0.05, 0) is 25.8 Å². The van der Waals surface area contributed by atoms with Gasteiger partial charge in [-0.3, -0.25) is 4.79 Å². The van der Waals surface area contributed by atoms with Crippen LogP contribution in [0.25, 0.3) is 0 Å². The van der Waals surface area contributed by atoms with Crippen LogP contribution in [0, 0.1) is 6.92 Å². The Morgan fingerprint density at radius 2 is 2.36 bits per heavy atom. The van der Waals surface area contributed by atoms with E-state index in [9.17, 15) is 4.79 Å². The summed E-state index contributed by atoms with van der Waals surface area (Å²) in [5, 5.41) is 4.25. The summed E-state index contributed by atoms with van der Waals surface area (Å²) in [7, 11) is 0. The number of nitrogens with two attached hydrogens (primary N) is 1. The van der Waals surface area contributed by atoms with Crippen molar-refractivity contribution in [1.29, 1.82) is 0 Å². The van der Waals surface area contributed by atoms with Crippen LogP contribution < -0.4 is 5.73 Å². The molecule has 0 unspecified atom stereocenters. The minimum atomic E-state index is 0.0496.